The largest absolute Gasteiger partial charge is 0.506 e. The predicted molar refractivity (Wildman–Crippen MR) is 68.2 cm³/mol. The third kappa shape index (κ3) is 3.30. The Labute approximate surface area is 110 Å². The van der Waals surface area contributed by atoms with Gasteiger partial charge in [0.2, 0.25) is 0 Å². The molecular formula is C14H11N3O2. The van der Waals surface area contributed by atoms with Crippen LogP contribution in [0.4, 0.5) is 0 Å². The van der Waals surface area contributed by atoms with E-state index in [2.05, 4.69) is 10.3 Å². The lowest BCUT2D eigenvalue weighted by Gasteiger charge is -2.05. The summed E-state index contributed by atoms with van der Waals surface area (Å²) >= 11 is 0. The van der Waals surface area contributed by atoms with Gasteiger partial charge in [-0.3, -0.25) is 9.78 Å². The van der Waals surface area contributed by atoms with Crippen LogP contribution in [-0.4, -0.2) is 16.0 Å². The highest BCUT2D eigenvalue weighted by Gasteiger charge is 2.06. The monoisotopic (exact) mass is 253 g/mol. The standard InChI is InChI=1S/C14H11N3O2/c15-6-10-2-1-3-11(4-10)7-17-14(19)12-5-13(18)9-16-8-12/h1-5,8-9,18H,7H2,(H,17,19). The Kier molecular flexibility index (Phi) is 3.74. The molecule has 0 saturated heterocycles. The summed E-state index contributed by atoms with van der Waals surface area (Å²) in [5.41, 5.74) is 1.67. The summed E-state index contributed by atoms with van der Waals surface area (Å²) in [5, 5.41) is 20.7. The minimum atomic E-state index is -0.328. The first-order valence-electron chi connectivity index (χ1n) is 5.60. The van der Waals surface area contributed by atoms with Crippen molar-refractivity contribution in [2.75, 3.05) is 0 Å². The Hall–Kier alpha value is -2.87. The summed E-state index contributed by atoms with van der Waals surface area (Å²) in [5.74, 6) is -0.384. The molecular weight excluding hydrogens is 242 g/mol. The van der Waals surface area contributed by atoms with Crippen LogP contribution in [0, 0.1) is 11.3 Å². The molecule has 0 aliphatic carbocycles. The molecule has 0 fully saturated rings. The van der Waals surface area contributed by atoms with Gasteiger partial charge in [-0.25, -0.2) is 0 Å². The van der Waals surface area contributed by atoms with Gasteiger partial charge in [0.05, 0.1) is 23.4 Å². The number of amides is 1. The van der Waals surface area contributed by atoms with E-state index in [1.165, 1.54) is 18.5 Å². The van der Waals surface area contributed by atoms with Crippen LogP contribution < -0.4 is 5.32 Å². The number of nitrogens with one attached hydrogen (secondary N) is 1. The quantitative estimate of drug-likeness (QED) is 0.869. The molecule has 1 aromatic carbocycles. The lowest BCUT2D eigenvalue weighted by molar-refractivity contribution is 0.0950. The molecule has 0 radical (unpaired) electrons. The first-order chi connectivity index (χ1) is 9.19. The van der Waals surface area contributed by atoms with Crippen molar-refractivity contribution in [3.63, 3.8) is 0 Å². The highest BCUT2D eigenvalue weighted by atomic mass is 16.3. The lowest BCUT2D eigenvalue weighted by Crippen LogP contribution is -2.22. The maximum absolute atomic E-state index is 11.8. The number of rotatable bonds is 3. The Morgan fingerprint density at radius 2 is 2.21 bits per heavy atom. The number of aromatic hydroxyl groups is 1. The molecule has 2 rings (SSSR count). The Balaban J connectivity index is 2.02. The Morgan fingerprint density at radius 1 is 1.37 bits per heavy atom. The normalized spacial score (nSPS) is 9.63. The SMILES string of the molecule is N#Cc1cccc(CNC(=O)c2cncc(O)c2)c1. The summed E-state index contributed by atoms with van der Waals surface area (Å²) in [4.78, 5) is 15.5. The van der Waals surface area contributed by atoms with E-state index in [9.17, 15) is 9.90 Å². The minimum absolute atomic E-state index is 0.0564. The van der Waals surface area contributed by atoms with Gasteiger partial charge in [-0.15, -0.1) is 0 Å². The second-order valence-electron chi connectivity index (χ2n) is 3.93. The van der Waals surface area contributed by atoms with Gasteiger partial charge < -0.3 is 10.4 Å². The van der Waals surface area contributed by atoms with E-state index in [0.29, 0.717) is 12.1 Å². The van der Waals surface area contributed by atoms with Crippen molar-refractivity contribution >= 4 is 5.91 Å². The van der Waals surface area contributed by atoms with E-state index < -0.39 is 0 Å². The van der Waals surface area contributed by atoms with Crippen LogP contribution in [0.2, 0.25) is 0 Å². The fourth-order valence-electron chi connectivity index (χ4n) is 1.59. The molecule has 0 saturated carbocycles. The summed E-state index contributed by atoms with van der Waals surface area (Å²) in [7, 11) is 0. The lowest BCUT2D eigenvalue weighted by atomic mass is 10.1. The van der Waals surface area contributed by atoms with Gasteiger partial charge in [0.15, 0.2) is 0 Å². The average molecular weight is 253 g/mol. The molecule has 2 aromatic rings. The van der Waals surface area contributed by atoms with Crippen LogP contribution in [0.1, 0.15) is 21.5 Å². The van der Waals surface area contributed by atoms with Gasteiger partial charge in [-0.05, 0) is 23.8 Å². The minimum Gasteiger partial charge on any atom is -0.506 e. The molecule has 0 unspecified atom stereocenters. The number of carbonyl (C=O) groups excluding carboxylic acids is 1. The van der Waals surface area contributed by atoms with Gasteiger partial charge in [-0.1, -0.05) is 12.1 Å². The van der Waals surface area contributed by atoms with E-state index in [-0.39, 0.29) is 17.2 Å². The molecule has 0 spiro atoms. The highest BCUT2D eigenvalue weighted by Crippen LogP contribution is 2.09. The molecule has 0 bridgehead atoms. The van der Waals surface area contributed by atoms with E-state index in [4.69, 9.17) is 5.26 Å². The maximum atomic E-state index is 11.8. The molecule has 94 valence electrons. The highest BCUT2D eigenvalue weighted by molar-refractivity contribution is 5.94. The van der Waals surface area contributed by atoms with E-state index >= 15 is 0 Å². The van der Waals surface area contributed by atoms with Crippen LogP contribution in [0.5, 0.6) is 5.75 Å². The number of pyridine rings is 1. The molecule has 0 aliphatic heterocycles. The molecule has 1 aromatic heterocycles. The second kappa shape index (κ2) is 5.65. The fraction of sp³-hybridized carbons (Fsp3) is 0.0714. The van der Waals surface area contributed by atoms with Gasteiger partial charge in [-0.2, -0.15) is 5.26 Å². The van der Waals surface area contributed by atoms with Gasteiger partial charge in [0, 0.05) is 12.7 Å². The first kappa shape index (κ1) is 12.6. The number of aromatic nitrogens is 1. The van der Waals surface area contributed by atoms with Crippen LogP contribution >= 0.6 is 0 Å². The summed E-state index contributed by atoms with van der Waals surface area (Å²) in [6.45, 7) is 0.310. The molecule has 19 heavy (non-hydrogen) atoms. The summed E-state index contributed by atoms with van der Waals surface area (Å²) < 4.78 is 0. The van der Waals surface area contributed by atoms with Crippen molar-refractivity contribution in [2.45, 2.75) is 6.54 Å². The Bertz CT molecular complexity index is 647. The maximum Gasteiger partial charge on any atom is 0.253 e. The second-order valence-corrected chi connectivity index (χ2v) is 3.93. The average Bonchev–Trinajstić information content (AvgIpc) is 2.45. The third-order valence-electron chi connectivity index (χ3n) is 2.50. The fourth-order valence-corrected chi connectivity index (χ4v) is 1.59. The van der Waals surface area contributed by atoms with Crippen LogP contribution in [0.15, 0.2) is 42.7 Å². The predicted octanol–water partition coefficient (Wildman–Crippen LogP) is 1.59. The number of nitrogens with zero attached hydrogens (tertiary/aromatic N) is 2. The number of benzene rings is 1. The van der Waals surface area contributed by atoms with Crippen LogP contribution in [0.3, 0.4) is 0 Å². The topological polar surface area (TPSA) is 86.0 Å². The van der Waals surface area contributed by atoms with Crippen molar-refractivity contribution in [3.8, 4) is 11.8 Å². The molecule has 1 amide bonds. The zero-order chi connectivity index (χ0) is 13.7. The number of hydrogen-bond acceptors (Lipinski definition) is 4. The zero-order valence-corrected chi connectivity index (χ0v) is 10.00. The van der Waals surface area contributed by atoms with E-state index in [1.54, 1.807) is 18.2 Å². The number of carbonyl (C=O) groups is 1. The summed E-state index contributed by atoms with van der Waals surface area (Å²) in [6.07, 6.45) is 2.63. The Morgan fingerprint density at radius 3 is 2.95 bits per heavy atom. The van der Waals surface area contributed by atoms with Crippen molar-refractivity contribution in [2.24, 2.45) is 0 Å². The first-order valence-corrected chi connectivity index (χ1v) is 5.60. The molecule has 0 atom stereocenters. The smallest absolute Gasteiger partial charge is 0.253 e. The van der Waals surface area contributed by atoms with Crippen molar-refractivity contribution in [3.05, 3.63) is 59.4 Å². The van der Waals surface area contributed by atoms with Crippen molar-refractivity contribution < 1.29 is 9.90 Å². The van der Waals surface area contributed by atoms with Crippen LogP contribution in [-0.2, 0) is 6.54 Å². The zero-order valence-electron chi connectivity index (χ0n) is 10.00. The van der Waals surface area contributed by atoms with Crippen molar-refractivity contribution in [1.29, 1.82) is 5.26 Å². The third-order valence-corrected chi connectivity index (χ3v) is 2.50. The van der Waals surface area contributed by atoms with Crippen molar-refractivity contribution in [1.82, 2.24) is 10.3 Å². The number of nitriles is 1. The molecule has 0 aliphatic rings. The van der Waals surface area contributed by atoms with E-state index in [1.807, 2.05) is 12.1 Å². The van der Waals surface area contributed by atoms with Gasteiger partial charge in [0.1, 0.15) is 5.75 Å². The van der Waals surface area contributed by atoms with E-state index in [0.717, 1.165) is 5.56 Å². The number of hydrogen-bond donors (Lipinski definition) is 2. The van der Waals surface area contributed by atoms with Crippen LogP contribution in [0.25, 0.3) is 0 Å². The summed E-state index contributed by atoms with van der Waals surface area (Å²) in [6, 6.07) is 10.4. The molecule has 1 heterocycles. The van der Waals surface area contributed by atoms with Gasteiger partial charge in [0.25, 0.3) is 5.91 Å². The molecule has 2 N–H and O–H groups in total. The molecule has 5 nitrogen and oxygen atoms in total. The molecule has 5 heteroatoms. The van der Waals surface area contributed by atoms with Gasteiger partial charge >= 0.3 is 0 Å².